The summed E-state index contributed by atoms with van der Waals surface area (Å²) in [7, 11) is 0. The number of para-hydroxylation sites is 1. The van der Waals surface area contributed by atoms with E-state index in [1.54, 1.807) is 42.5 Å². The molecule has 0 aliphatic heterocycles. The summed E-state index contributed by atoms with van der Waals surface area (Å²) in [6, 6.07) is 14.5. The molecule has 2 rings (SSSR count). The molecule has 0 spiro atoms. The molecular weight excluding hydrogens is 428 g/mol. The molecule has 1 amide bonds. The highest BCUT2D eigenvalue weighted by atomic mass is 32.2. The van der Waals surface area contributed by atoms with Gasteiger partial charge in [0.15, 0.2) is 18.1 Å². The van der Waals surface area contributed by atoms with Gasteiger partial charge in [-0.1, -0.05) is 25.1 Å². The van der Waals surface area contributed by atoms with Gasteiger partial charge in [-0.15, -0.1) is 11.8 Å². The number of carbonyl (C=O) groups excluding carboxylic acids is 2. The van der Waals surface area contributed by atoms with E-state index in [2.05, 4.69) is 5.32 Å². The van der Waals surface area contributed by atoms with Crippen LogP contribution < -0.4 is 14.8 Å². The highest BCUT2D eigenvalue weighted by Crippen LogP contribution is 2.29. The standard InChI is InChI=1S/C24H26N2O5S/c1-3-14-30-20-11-9-18(16-21(20)29-4-2)10-12-24(28)31-17-23(27)26-19-7-5-6-8-22(19)32-15-13-25/h5-12,16H,3-4,14-15,17H2,1-2H3,(H,26,27)/b12-10+. The highest BCUT2D eigenvalue weighted by Gasteiger charge is 2.10. The van der Waals surface area contributed by atoms with E-state index in [4.69, 9.17) is 19.5 Å². The molecule has 0 atom stereocenters. The lowest BCUT2D eigenvalue weighted by molar-refractivity contribution is -0.142. The largest absolute Gasteiger partial charge is 0.490 e. The molecule has 8 heteroatoms. The molecule has 0 fully saturated rings. The second-order valence-corrected chi connectivity index (χ2v) is 7.44. The van der Waals surface area contributed by atoms with E-state index in [0.29, 0.717) is 30.4 Å². The number of anilines is 1. The Morgan fingerprint density at radius 3 is 2.69 bits per heavy atom. The van der Waals surface area contributed by atoms with Gasteiger partial charge in [-0.3, -0.25) is 4.79 Å². The van der Waals surface area contributed by atoms with Crippen LogP contribution >= 0.6 is 11.8 Å². The lowest BCUT2D eigenvalue weighted by Gasteiger charge is -2.12. The number of benzene rings is 2. The molecule has 32 heavy (non-hydrogen) atoms. The van der Waals surface area contributed by atoms with Crippen molar-refractivity contribution in [2.45, 2.75) is 25.2 Å². The number of nitriles is 1. The van der Waals surface area contributed by atoms with Crippen molar-refractivity contribution in [1.82, 2.24) is 0 Å². The van der Waals surface area contributed by atoms with Gasteiger partial charge in [0.2, 0.25) is 0 Å². The van der Waals surface area contributed by atoms with Crippen LogP contribution in [0.1, 0.15) is 25.8 Å². The molecule has 0 aliphatic rings. The van der Waals surface area contributed by atoms with Crippen LogP contribution in [0.2, 0.25) is 0 Å². The van der Waals surface area contributed by atoms with Crippen LogP contribution in [-0.4, -0.2) is 37.4 Å². The average Bonchev–Trinajstić information content (AvgIpc) is 2.80. The first-order valence-corrected chi connectivity index (χ1v) is 11.2. The van der Waals surface area contributed by atoms with E-state index in [1.165, 1.54) is 17.8 Å². The minimum atomic E-state index is -0.642. The molecule has 0 aromatic heterocycles. The number of rotatable bonds is 12. The van der Waals surface area contributed by atoms with Gasteiger partial charge in [-0.05, 0) is 49.2 Å². The first-order chi connectivity index (χ1) is 15.6. The zero-order chi connectivity index (χ0) is 23.2. The van der Waals surface area contributed by atoms with Gasteiger partial charge in [0.1, 0.15) is 0 Å². The molecule has 0 saturated carbocycles. The Hall–Kier alpha value is -3.44. The van der Waals surface area contributed by atoms with Crippen LogP contribution in [0, 0.1) is 11.3 Å². The maximum absolute atomic E-state index is 12.1. The molecule has 0 aliphatic carbocycles. The quantitative estimate of drug-likeness (QED) is 0.282. The Balaban J connectivity index is 1.90. The monoisotopic (exact) mass is 454 g/mol. The van der Waals surface area contributed by atoms with Crippen molar-refractivity contribution in [3.63, 3.8) is 0 Å². The third-order valence-electron chi connectivity index (χ3n) is 3.94. The predicted octanol–water partition coefficient (Wildman–Crippen LogP) is 4.68. The molecule has 168 valence electrons. The van der Waals surface area contributed by atoms with E-state index in [0.717, 1.165) is 16.9 Å². The summed E-state index contributed by atoms with van der Waals surface area (Å²) < 4.78 is 16.3. The number of thioether (sulfide) groups is 1. The Morgan fingerprint density at radius 1 is 1.12 bits per heavy atom. The van der Waals surface area contributed by atoms with Crippen molar-refractivity contribution in [1.29, 1.82) is 5.26 Å². The van der Waals surface area contributed by atoms with Crippen molar-refractivity contribution in [3.05, 3.63) is 54.1 Å². The molecule has 2 aromatic rings. The molecule has 0 heterocycles. The molecular formula is C24H26N2O5S. The molecule has 0 unspecified atom stereocenters. The van der Waals surface area contributed by atoms with Crippen LogP contribution in [0.3, 0.4) is 0 Å². The molecule has 0 radical (unpaired) electrons. The van der Waals surface area contributed by atoms with E-state index in [1.807, 2.05) is 26.0 Å². The van der Waals surface area contributed by atoms with Crippen LogP contribution in [-0.2, 0) is 14.3 Å². The van der Waals surface area contributed by atoms with Crippen molar-refractivity contribution in [3.8, 4) is 17.6 Å². The zero-order valence-electron chi connectivity index (χ0n) is 18.1. The first kappa shape index (κ1) is 24.8. The van der Waals surface area contributed by atoms with Gasteiger partial charge in [-0.25, -0.2) is 4.79 Å². The van der Waals surface area contributed by atoms with Crippen molar-refractivity contribution in [2.75, 3.05) is 30.9 Å². The van der Waals surface area contributed by atoms with Crippen molar-refractivity contribution in [2.24, 2.45) is 0 Å². The summed E-state index contributed by atoms with van der Waals surface area (Å²) in [6.45, 7) is 4.56. The maximum Gasteiger partial charge on any atom is 0.331 e. The fraction of sp³-hybridized carbons (Fsp3) is 0.292. The molecule has 1 N–H and O–H groups in total. The summed E-state index contributed by atoms with van der Waals surface area (Å²) in [5.74, 6) is 0.412. The fourth-order valence-electron chi connectivity index (χ4n) is 2.57. The fourth-order valence-corrected chi connectivity index (χ4v) is 3.24. The lowest BCUT2D eigenvalue weighted by Crippen LogP contribution is -2.20. The third kappa shape index (κ3) is 8.36. The number of nitrogens with zero attached hydrogens (tertiary/aromatic N) is 1. The summed E-state index contributed by atoms with van der Waals surface area (Å²) >= 11 is 1.31. The number of esters is 1. The molecule has 7 nitrogen and oxygen atoms in total. The normalized spacial score (nSPS) is 10.4. The van der Waals surface area contributed by atoms with Crippen LogP contribution in [0.25, 0.3) is 6.08 Å². The van der Waals surface area contributed by atoms with Gasteiger partial charge >= 0.3 is 5.97 Å². The van der Waals surface area contributed by atoms with Crippen LogP contribution in [0.15, 0.2) is 53.4 Å². The van der Waals surface area contributed by atoms with Gasteiger partial charge in [0.25, 0.3) is 5.91 Å². The Morgan fingerprint density at radius 2 is 1.94 bits per heavy atom. The van der Waals surface area contributed by atoms with Crippen molar-refractivity contribution < 1.29 is 23.8 Å². The van der Waals surface area contributed by atoms with E-state index in [9.17, 15) is 9.59 Å². The zero-order valence-corrected chi connectivity index (χ0v) is 18.9. The summed E-state index contributed by atoms with van der Waals surface area (Å²) in [5.41, 5.74) is 1.31. The Bertz CT molecular complexity index is 985. The smallest absolute Gasteiger partial charge is 0.331 e. The number of amides is 1. The topological polar surface area (TPSA) is 97.6 Å². The second kappa shape index (κ2) is 13.8. The summed E-state index contributed by atoms with van der Waals surface area (Å²) in [5, 5.41) is 11.4. The van der Waals surface area contributed by atoms with E-state index < -0.39 is 18.5 Å². The van der Waals surface area contributed by atoms with Gasteiger partial charge in [0, 0.05) is 11.0 Å². The third-order valence-corrected chi connectivity index (χ3v) is 4.88. The van der Waals surface area contributed by atoms with Crippen molar-refractivity contribution >= 4 is 35.4 Å². The van der Waals surface area contributed by atoms with E-state index >= 15 is 0 Å². The molecule has 2 aromatic carbocycles. The first-order valence-electron chi connectivity index (χ1n) is 10.2. The van der Waals surface area contributed by atoms with Crippen LogP contribution in [0.4, 0.5) is 5.69 Å². The molecule has 0 saturated heterocycles. The van der Waals surface area contributed by atoms with Crippen LogP contribution in [0.5, 0.6) is 11.5 Å². The summed E-state index contributed by atoms with van der Waals surface area (Å²) in [4.78, 5) is 24.9. The molecule has 0 bridgehead atoms. The van der Waals surface area contributed by atoms with Gasteiger partial charge < -0.3 is 19.5 Å². The van der Waals surface area contributed by atoms with Gasteiger partial charge in [-0.2, -0.15) is 5.26 Å². The number of hydrogen-bond acceptors (Lipinski definition) is 7. The minimum absolute atomic E-state index is 0.267. The predicted molar refractivity (Wildman–Crippen MR) is 125 cm³/mol. The number of hydrogen-bond donors (Lipinski definition) is 1. The van der Waals surface area contributed by atoms with Gasteiger partial charge in [0.05, 0.1) is 30.7 Å². The lowest BCUT2D eigenvalue weighted by atomic mass is 10.2. The summed E-state index contributed by atoms with van der Waals surface area (Å²) in [6.07, 6.45) is 3.72. The Labute approximate surface area is 192 Å². The SMILES string of the molecule is CCCOc1ccc(/C=C/C(=O)OCC(=O)Nc2ccccc2SCC#N)cc1OCC. The Kier molecular flexibility index (Phi) is 10.7. The van der Waals surface area contributed by atoms with E-state index in [-0.39, 0.29) is 5.75 Å². The average molecular weight is 455 g/mol. The second-order valence-electron chi connectivity index (χ2n) is 6.42. The highest BCUT2D eigenvalue weighted by molar-refractivity contribution is 7.99. The number of nitrogens with one attached hydrogen (secondary N) is 1. The number of carbonyl (C=O) groups is 2. The number of ether oxygens (including phenoxy) is 3. The maximum atomic E-state index is 12.1. The minimum Gasteiger partial charge on any atom is -0.490 e.